The summed E-state index contributed by atoms with van der Waals surface area (Å²) >= 11 is 0. The summed E-state index contributed by atoms with van der Waals surface area (Å²) in [6, 6.07) is 0. The number of aliphatic hydroxyl groups is 4. The molecule has 6 heteroatoms. The van der Waals surface area contributed by atoms with Crippen molar-refractivity contribution in [3.8, 4) is 0 Å². The third kappa shape index (κ3) is 9.02. The Kier molecular flexibility index (Phi) is 9.80. The Hall–Kier alpha value is -0.240. The maximum Gasteiger partial charge on any atom is 0.0832 e. The average molecular weight is 238 g/mol. The van der Waals surface area contributed by atoms with Crippen LogP contribution in [0.3, 0.4) is 0 Å². The summed E-state index contributed by atoms with van der Waals surface area (Å²) in [6.45, 7) is 1.66. The van der Waals surface area contributed by atoms with E-state index in [4.69, 9.17) is 24.8 Å². The van der Waals surface area contributed by atoms with Crippen LogP contribution in [0.5, 0.6) is 0 Å². The zero-order valence-corrected chi connectivity index (χ0v) is 9.58. The van der Waals surface area contributed by atoms with E-state index in [1.165, 1.54) is 0 Å². The van der Waals surface area contributed by atoms with Crippen LogP contribution in [0.1, 0.15) is 13.3 Å². The van der Waals surface area contributed by atoms with E-state index in [9.17, 15) is 5.11 Å². The van der Waals surface area contributed by atoms with Crippen LogP contribution in [0.2, 0.25) is 0 Å². The zero-order valence-electron chi connectivity index (χ0n) is 9.58. The van der Waals surface area contributed by atoms with Crippen LogP contribution < -0.4 is 0 Å². The lowest BCUT2D eigenvalue weighted by molar-refractivity contribution is -0.0605. The molecule has 4 N–H and O–H groups in total. The molecule has 0 spiro atoms. The first-order valence-electron chi connectivity index (χ1n) is 5.37. The Balaban J connectivity index is 3.65. The predicted molar refractivity (Wildman–Crippen MR) is 57.0 cm³/mol. The highest BCUT2D eigenvalue weighted by Crippen LogP contribution is 2.04. The van der Waals surface area contributed by atoms with Gasteiger partial charge in [-0.25, -0.2) is 0 Å². The van der Waals surface area contributed by atoms with E-state index < -0.39 is 18.3 Å². The average Bonchev–Trinajstić information content (AvgIpc) is 2.24. The molecule has 3 unspecified atom stereocenters. The van der Waals surface area contributed by atoms with Crippen molar-refractivity contribution in [2.45, 2.75) is 31.7 Å². The van der Waals surface area contributed by atoms with E-state index in [0.29, 0.717) is 0 Å². The molecule has 0 rings (SSSR count). The lowest BCUT2D eigenvalue weighted by Gasteiger charge is -2.19. The molecule has 0 heterocycles. The van der Waals surface area contributed by atoms with Crippen LogP contribution in [0.15, 0.2) is 0 Å². The minimum atomic E-state index is -0.752. The van der Waals surface area contributed by atoms with Crippen molar-refractivity contribution in [2.75, 3.05) is 33.0 Å². The van der Waals surface area contributed by atoms with Gasteiger partial charge >= 0.3 is 0 Å². The summed E-state index contributed by atoms with van der Waals surface area (Å²) < 4.78 is 10.1. The summed E-state index contributed by atoms with van der Waals surface area (Å²) in [7, 11) is 0. The molecule has 3 atom stereocenters. The van der Waals surface area contributed by atoms with Crippen molar-refractivity contribution in [3.63, 3.8) is 0 Å². The molecule has 0 aliphatic heterocycles. The van der Waals surface area contributed by atoms with Gasteiger partial charge in [0.05, 0.1) is 51.3 Å². The number of aliphatic hydroxyl groups excluding tert-OH is 4. The Morgan fingerprint density at radius 2 is 1.81 bits per heavy atom. The van der Waals surface area contributed by atoms with E-state index in [1.54, 1.807) is 6.92 Å². The van der Waals surface area contributed by atoms with Crippen LogP contribution in [-0.2, 0) is 9.47 Å². The summed E-state index contributed by atoms with van der Waals surface area (Å²) in [5, 5.41) is 35.9. The second-order valence-corrected chi connectivity index (χ2v) is 3.67. The molecule has 6 nitrogen and oxygen atoms in total. The Morgan fingerprint density at radius 3 is 2.31 bits per heavy atom. The van der Waals surface area contributed by atoms with Crippen molar-refractivity contribution in [2.24, 2.45) is 0 Å². The van der Waals surface area contributed by atoms with Crippen LogP contribution in [0.25, 0.3) is 0 Å². The van der Waals surface area contributed by atoms with Crippen molar-refractivity contribution in [1.82, 2.24) is 0 Å². The zero-order chi connectivity index (χ0) is 12.4. The predicted octanol–water partition coefficient (Wildman–Crippen LogP) is -1.50. The maximum absolute atomic E-state index is 9.48. The first kappa shape index (κ1) is 15.8. The van der Waals surface area contributed by atoms with Gasteiger partial charge in [-0.2, -0.15) is 0 Å². The van der Waals surface area contributed by atoms with E-state index >= 15 is 0 Å². The number of hydrogen-bond acceptors (Lipinski definition) is 6. The van der Waals surface area contributed by atoms with Crippen molar-refractivity contribution in [1.29, 1.82) is 0 Å². The molecule has 0 aliphatic carbocycles. The smallest absolute Gasteiger partial charge is 0.0832 e. The molecule has 16 heavy (non-hydrogen) atoms. The highest BCUT2D eigenvalue weighted by molar-refractivity contribution is 4.64. The van der Waals surface area contributed by atoms with E-state index in [-0.39, 0.29) is 39.5 Å². The van der Waals surface area contributed by atoms with Gasteiger partial charge in [-0.1, -0.05) is 0 Å². The number of rotatable bonds is 10. The number of ether oxygens (including phenoxy) is 2. The lowest BCUT2D eigenvalue weighted by Crippen LogP contribution is -2.29. The molecule has 0 aromatic carbocycles. The van der Waals surface area contributed by atoms with Gasteiger partial charge in [0.15, 0.2) is 0 Å². The molecule has 0 aromatic heterocycles. The van der Waals surface area contributed by atoms with Gasteiger partial charge in [-0.3, -0.25) is 0 Å². The van der Waals surface area contributed by atoms with Crippen LogP contribution in [0, 0.1) is 0 Å². The highest BCUT2D eigenvalue weighted by Gasteiger charge is 2.15. The fourth-order valence-corrected chi connectivity index (χ4v) is 1.13. The molecule has 0 saturated carbocycles. The van der Waals surface area contributed by atoms with Crippen molar-refractivity contribution in [3.05, 3.63) is 0 Å². The quantitative estimate of drug-likeness (QED) is 0.346. The summed E-state index contributed by atoms with van der Waals surface area (Å²) in [5.74, 6) is 0. The van der Waals surface area contributed by atoms with Gasteiger partial charge in [0.25, 0.3) is 0 Å². The Morgan fingerprint density at radius 1 is 1.12 bits per heavy atom. The monoisotopic (exact) mass is 238 g/mol. The van der Waals surface area contributed by atoms with Gasteiger partial charge in [0, 0.05) is 6.42 Å². The van der Waals surface area contributed by atoms with Gasteiger partial charge < -0.3 is 29.9 Å². The molecule has 0 aliphatic rings. The third-order valence-corrected chi connectivity index (χ3v) is 1.86. The number of hydrogen-bond donors (Lipinski definition) is 4. The molecular weight excluding hydrogens is 216 g/mol. The molecular formula is C10H22O6. The highest BCUT2D eigenvalue weighted by atomic mass is 16.5. The first-order valence-corrected chi connectivity index (χ1v) is 5.37. The fourth-order valence-electron chi connectivity index (χ4n) is 1.13. The van der Waals surface area contributed by atoms with Gasteiger partial charge in [0.2, 0.25) is 0 Å². The lowest BCUT2D eigenvalue weighted by atomic mass is 10.2. The summed E-state index contributed by atoms with van der Waals surface area (Å²) in [6.07, 6.45) is -1.63. The maximum atomic E-state index is 9.48. The second kappa shape index (κ2) is 9.95. The van der Waals surface area contributed by atoms with E-state index in [2.05, 4.69) is 0 Å². The van der Waals surface area contributed by atoms with E-state index in [1.807, 2.05) is 0 Å². The normalized spacial score (nSPS) is 17.1. The largest absolute Gasteiger partial charge is 0.394 e. The molecule has 0 saturated heterocycles. The van der Waals surface area contributed by atoms with Gasteiger partial charge in [0.1, 0.15) is 0 Å². The molecule has 0 radical (unpaired) electrons. The Bertz CT molecular complexity index is 152. The van der Waals surface area contributed by atoms with Crippen LogP contribution in [-0.4, -0.2) is 71.8 Å². The third-order valence-electron chi connectivity index (χ3n) is 1.86. The summed E-state index contributed by atoms with van der Waals surface area (Å²) in [5.41, 5.74) is 0. The SMILES string of the molecule is CC(O)COC(CO)CC(O)COCCO. The molecule has 98 valence electrons. The van der Waals surface area contributed by atoms with Crippen LogP contribution in [0.4, 0.5) is 0 Å². The fraction of sp³-hybridized carbons (Fsp3) is 1.00. The minimum absolute atomic E-state index is 0.0886. The Labute approximate surface area is 95.4 Å². The summed E-state index contributed by atoms with van der Waals surface area (Å²) in [4.78, 5) is 0. The van der Waals surface area contributed by atoms with Gasteiger partial charge in [-0.05, 0) is 6.92 Å². The van der Waals surface area contributed by atoms with Crippen molar-refractivity contribution >= 4 is 0 Å². The topological polar surface area (TPSA) is 99.4 Å². The molecule has 0 bridgehead atoms. The molecule has 0 amide bonds. The van der Waals surface area contributed by atoms with Crippen molar-refractivity contribution < 1.29 is 29.9 Å². The molecule has 0 fully saturated rings. The first-order chi connectivity index (χ1) is 7.60. The minimum Gasteiger partial charge on any atom is -0.394 e. The standard InChI is InChI=1S/C10H22O6/c1-8(13)6-16-10(5-12)4-9(14)7-15-3-2-11/h8-14H,2-7H2,1H3. The van der Waals surface area contributed by atoms with Crippen LogP contribution >= 0.6 is 0 Å². The van der Waals surface area contributed by atoms with E-state index in [0.717, 1.165) is 0 Å². The second-order valence-electron chi connectivity index (χ2n) is 3.67. The molecule has 0 aromatic rings. The van der Waals surface area contributed by atoms with Gasteiger partial charge in [-0.15, -0.1) is 0 Å².